The molecule has 5 heterocycles. The van der Waals surface area contributed by atoms with Gasteiger partial charge < -0.3 is 15.4 Å². The molecule has 1 fully saturated rings. The number of piperazine rings is 1. The number of anilines is 2. The number of ether oxygens (including phenoxy) is 1. The number of nitrogens with zero attached hydrogens (tertiary/aromatic N) is 7. The van der Waals surface area contributed by atoms with Gasteiger partial charge in [0.15, 0.2) is 5.82 Å². The van der Waals surface area contributed by atoms with Gasteiger partial charge in [0.1, 0.15) is 35.5 Å². The summed E-state index contributed by atoms with van der Waals surface area (Å²) in [4.78, 5) is 41.5. The van der Waals surface area contributed by atoms with E-state index in [1.54, 1.807) is 36.8 Å². The third-order valence-corrected chi connectivity index (χ3v) is 6.40. The molecule has 0 aliphatic carbocycles. The fourth-order valence-electron chi connectivity index (χ4n) is 4.70. The van der Waals surface area contributed by atoms with Crippen molar-refractivity contribution < 1.29 is 9.53 Å². The van der Waals surface area contributed by atoms with Gasteiger partial charge in [-0.25, -0.2) is 34.7 Å². The van der Waals surface area contributed by atoms with E-state index in [4.69, 9.17) is 4.74 Å². The van der Waals surface area contributed by atoms with Gasteiger partial charge in [0.05, 0.1) is 0 Å². The van der Waals surface area contributed by atoms with Crippen LogP contribution in [0.3, 0.4) is 0 Å². The largest absolute Gasteiger partial charge is 0.460 e. The van der Waals surface area contributed by atoms with Crippen molar-refractivity contribution in [1.29, 1.82) is 0 Å². The third-order valence-electron chi connectivity index (χ3n) is 6.40. The Bertz CT molecular complexity index is 1440. The number of aromatic nitrogens is 6. The molecule has 0 aromatic carbocycles. The van der Waals surface area contributed by atoms with Gasteiger partial charge in [0.25, 0.3) is 0 Å². The average molecular weight is 540 g/mol. The van der Waals surface area contributed by atoms with Crippen LogP contribution in [0.15, 0.2) is 61.1 Å². The lowest BCUT2D eigenvalue weighted by molar-refractivity contribution is 0.0430. The van der Waals surface area contributed by atoms with E-state index < -0.39 is 5.97 Å². The van der Waals surface area contributed by atoms with Gasteiger partial charge in [-0.3, -0.25) is 4.90 Å². The summed E-state index contributed by atoms with van der Waals surface area (Å²) in [7, 11) is 0. The maximum Gasteiger partial charge on any atom is 0.356 e. The molecule has 0 radical (unpaired) electrons. The quantitative estimate of drug-likeness (QED) is 0.304. The van der Waals surface area contributed by atoms with E-state index in [-0.39, 0.29) is 5.69 Å². The normalized spacial score (nSPS) is 17.4. The second kappa shape index (κ2) is 12.7. The molecule has 40 heavy (non-hydrogen) atoms. The standard InChI is InChI=1S/C29H33N9O2/c1-19-5-4-6-23(34-19)28-31-12-10-26(37-28)35-25-9-11-30-27(36-25)15-22-7-8-24(32-16-22)29(39)40-14-13-38-17-20(2)33-21(3)18-38/h4-12,16,20-21,33H,13-15,17-18H2,1-3H3,(H,30,31,35,36,37)/t20-,21+. The summed E-state index contributed by atoms with van der Waals surface area (Å²) >= 11 is 0. The van der Waals surface area contributed by atoms with Crippen LogP contribution in [0, 0.1) is 6.92 Å². The summed E-state index contributed by atoms with van der Waals surface area (Å²) in [5.41, 5.74) is 2.77. The number of nitrogens with one attached hydrogen (secondary N) is 2. The third kappa shape index (κ3) is 7.39. The van der Waals surface area contributed by atoms with E-state index >= 15 is 0 Å². The van der Waals surface area contributed by atoms with Crippen LogP contribution < -0.4 is 10.6 Å². The van der Waals surface area contributed by atoms with Crippen LogP contribution in [0.25, 0.3) is 11.5 Å². The number of aryl methyl sites for hydroxylation is 1. The van der Waals surface area contributed by atoms with Crippen LogP contribution in [0.2, 0.25) is 0 Å². The molecule has 206 valence electrons. The number of carbonyl (C=O) groups excluding carboxylic acids is 1. The molecule has 0 bridgehead atoms. The highest BCUT2D eigenvalue weighted by molar-refractivity contribution is 5.87. The zero-order chi connectivity index (χ0) is 27.9. The van der Waals surface area contributed by atoms with Crippen molar-refractivity contribution in [3.8, 4) is 11.5 Å². The topological polar surface area (TPSA) is 131 Å². The van der Waals surface area contributed by atoms with E-state index in [2.05, 4.69) is 59.3 Å². The van der Waals surface area contributed by atoms with E-state index in [1.165, 1.54) is 0 Å². The smallest absolute Gasteiger partial charge is 0.356 e. The van der Waals surface area contributed by atoms with Crippen molar-refractivity contribution in [2.45, 2.75) is 39.3 Å². The molecule has 11 nitrogen and oxygen atoms in total. The SMILES string of the molecule is Cc1cccc(-c2nccc(Nc3ccnc(Cc4ccc(C(=O)OCCN5C[C@@H](C)N[C@@H](C)C5)nc4)n3)n2)n1. The number of rotatable bonds is 9. The first-order valence-corrected chi connectivity index (χ1v) is 13.4. The minimum absolute atomic E-state index is 0.282. The molecule has 2 N–H and O–H groups in total. The number of pyridine rings is 2. The Morgan fingerprint density at radius 1 is 0.975 bits per heavy atom. The van der Waals surface area contributed by atoms with Gasteiger partial charge in [-0.15, -0.1) is 0 Å². The van der Waals surface area contributed by atoms with Crippen LogP contribution >= 0.6 is 0 Å². The van der Waals surface area contributed by atoms with E-state index in [0.29, 0.717) is 60.6 Å². The van der Waals surface area contributed by atoms with Crippen molar-refractivity contribution in [2.75, 3.05) is 31.6 Å². The molecule has 11 heteroatoms. The second-order valence-electron chi connectivity index (χ2n) is 10.0. The zero-order valence-corrected chi connectivity index (χ0v) is 22.9. The highest BCUT2D eigenvalue weighted by atomic mass is 16.5. The highest BCUT2D eigenvalue weighted by Gasteiger charge is 2.21. The number of hydrogen-bond donors (Lipinski definition) is 2. The lowest BCUT2D eigenvalue weighted by Crippen LogP contribution is -2.54. The first-order chi connectivity index (χ1) is 19.4. The molecule has 0 amide bonds. The molecule has 4 aromatic rings. The maximum absolute atomic E-state index is 12.5. The Morgan fingerprint density at radius 2 is 1.75 bits per heavy atom. The molecule has 1 aliphatic rings. The molecule has 1 saturated heterocycles. The van der Waals surface area contributed by atoms with Crippen molar-refractivity contribution in [1.82, 2.24) is 40.1 Å². The maximum atomic E-state index is 12.5. The predicted molar refractivity (Wildman–Crippen MR) is 151 cm³/mol. The molecule has 0 unspecified atom stereocenters. The molecular weight excluding hydrogens is 506 g/mol. The Morgan fingerprint density at radius 3 is 2.50 bits per heavy atom. The summed E-state index contributed by atoms with van der Waals surface area (Å²) in [5, 5.41) is 6.71. The molecular formula is C29H33N9O2. The van der Waals surface area contributed by atoms with Gasteiger partial charge in [-0.2, -0.15) is 0 Å². The molecule has 0 saturated carbocycles. The van der Waals surface area contributed by atoms with Crippen LogP contribution in [0.1, 0.15) is 41.4 Å². The zero-order valence-electron chi connectivity index (χ0n) is 22.9. The lowest BCUT2D eigenvalue weighted by atomic mass is 10.1. The first-order valence-electron chi connectivity index (χ1n) is 13.4. The Hall–Kier alpha value is -4.35. The van der Waals surface area contributed by atoms with Crippen molar-refractivity contribution >= 4 is 17.6 Å². The van der Waals surface area contributed by atoms with Gasteiger partial charge in [0.2, 0.25) is 0 Å². The molecule has 2 atom stereocenters. The fourth-order valence-corrected chi connectivity index (χ4v) is 4.70. The minimum atomic E-state index is -0.421. The lowest BCUT2D eigenvalue weighted by Gasteiger charge is -2.35. The van der Waals surface area contributed by atoms with Gasteiger partial charge in [-0.1, -0.05) is 12.1 Å². The second-order valence-corrected chi connectivity index (χ2v) is 10.0. The minimum Gasteiger partial charge on any atom is -0.460 e. The molecule has 4 aromatic heterocycles. The average Bonchev–Trinajstić information content (AvgIpc) is 2.93. The van der Waals surface area contributed by atoms with Crippen LogP contribution in [-0.2, 0) is 11.2 Å². The van der Waals surface area contributed by atoms with Crippen LogP contribution in [0.4, 0.5) is 11.6 Å². The van der Waals surface area contributed by atoms with Gasteiger partial charge >= 0.3 is 5.97 Å². The first kappa shape index (κ1) is 27.2. The summed E-state index contributed by atoms with van der Waals surface area (Å²) in [6.07, 6.45) is 5.49. The van der Waals surface area contributed by atoms with Crippen LogP contribution in [0.5, 0.6) is 0 Å². The van der Waals surface area contributed by atoms with Crippen molar-refractivity contribution in [3.63, 3.8) is 0 Å². The van der Waals surface area contributed by atoms with E-state index in [9.17, 15) is 4.79 Å². The molecule has 5 rings (SSSR count). The number of esters is 1. The summed E-state index contributed by atoms with van der Waals surface area (Å²) in [6, 6.07) is 13.7. The van der Waals surface area contributed by atoms with E-state index in [1.807, 2.05) is 31.2 Å². The Labute approximate surface area is 233 Å². The van der Waals surface area contributed by atoms with Gasteiger partial charge in [0, 0.05) is 62.4 Å². The number of hydrogen-bond acceptors (Lipinski definition) is 11. The summed E-state index contributed by atoms with van der Waals surface area (Å²) in [6.45, 7) is 9.19. The monoisotopic (exact) mass is 539 g/mol. The molecule has 1 aliphatic heterocycles. The number of carbonyl (C=O) groups is 1. The van der Waals surface area contributed by atoms with Crippen molar-refractivity contribution in [3.05, 3.63) is 83.8 Å². The highest BCUT2D eigenvalue weighted by Crippen LogP contribution is 2.17. The fraction of sp³-hybridized carbons (Fsp3) is 0.345. The van der Waals surface area contributed by atoms with Crippen LogP contribution in [-0.4, -0.2) is 79.1 Å². The van der Waals surface area contributed by atoms with Crippen molar-refractivity contribution in [2.24, 2.45) is 0 Å². The molecule has 0 spiro atoms. The summed E-state index contributed by atoms with van der Waals surface area (Å²) < 4.78 is 5.46. The summed E-state index contributed by atoms with van der Waals surface area (Å²) in [5.74, 6) is 1.92. The Balaban J connectivity index is 1.15. The van der Waals surface area contributed by atoms with Gasteiger partial charge in [-0.05, 0) is 56.7 Å². The predicted octanol–water partition coefficient (Wildman–Crippen LogP) is 3.21. The van der Waals surface area contributed by atoms with E-state index in [0.717, 1.165) is 24.3 Å². The Kier molecular flexibility index (Phi) is 8.62.